The average molecular weight is 376 g/mol. The van der Waals surface area contributed by atoms with Gasteiger partial charge < -0.3 is 15.2 Å². The van der Waals surface area contributed by atoms with E-state index in [-0.39, 0.29) is 0 Å². The molecule has 2 N–H and O–H groups in total. The predicted molar refractivity (Wildman–Crippen MR) is 103 cm³/mol. The molecule has 7 nitrogen and oxygen atoms in total. The van der Waals surface area contributed by atoms with Crippen molar-refractivity contribution in [3.63, 3.8) is 0 Å². The van der Waals surface area contributed by atoms with E-state index in [9.17, 15) is 0 Å². The molecular weight excluding hydrogens is 350 g/mol. The van der Waals surface area contributed by atoms with E-state index in [4.69, 9.17) is 11.6 Å². The van der Waals surface area contributed by atoms with E-state index in [1.165, 1.54) is 19.3 Å². The first-order valence-corrected chi connectivity index (χ1v) is 9.67. The number of aliphatic imine (C=N–C) groups is 1. The molecule has 8 heteroatoms. The van der Waals surface area contributed by atoms with E-state index in [0.717, 1.165) is 55.6 Å². The molecule has 0 saturated carbocycles. The van der Waals surface area contributed by atoms with Gasteiger partial charge in [-0.1, -0.05) is 24.1 Å². The van der Waals surface area contributed by atoms with Crippen LogP contribution in [-0.2, 0) is 25.9 Å². The lowest BCUT2D eigenvalue weighted by Crippen LogP contribution is -2.38. The second kappa shape index (κ2) is 9.52. The van der Waals surface area contributed by atoms with Crippen molar-refractivity contribution >= 4 is 17.6 Å². The summed E-state index contributed by atoms with van der Waals surface area (Å²) in [6.07, 6.45) is 7.33. The molecule has 0 saturated heterocycles. The third kappa shape index (κ3) is 5.17. The molecule has 0 atom stereocenters. The molecule has 1 aliphatic rings. The SMILES string of the molecule is CCNC(=NCc1nnc2n1CCCCC2)NCCc1ccc(Cl)nc1. The lowest BCUT2D eigenvalue weighted by atomic mass is 10.2. The van der Waals surface area contributed by atoms with Gasteiger partial charge in [0.1, 0.15) is 17.5 Å². The molecule has 1 aliphatic heterocycles. The number of nitrogens with zero attached hydrogens (tertiary/aromatic N) is 5. The molecular formula is C18H26ClN7. The minimum Gasteiger partial charge on any atom is -0.357 e. The molecule has 3 rings (SSSR count). The fourth-order valence-electron chi connectivity index (χ4n) is 3.03. The molecule has 2 aromatic heterocycles. The quantitative estimate of drug-likeness (QED) is 0.460. The van der Waals surface area contributed by atoms with Gasteiger partial charge in [0.25, 0.3) is 0 Å². The van der Waals surface area contributed by atoms with Crippen LogP contribution in [0.25, 0.3) is 0 Å². The van der Waals surface area contributed by atoms with Gasteiger partial charge in [-0.05, 0) is 37.8 Å². The molecule has 0 aromatic carbocycles. The third-order valence-corrected chi connectivity index (χ3v) is 4.63. The Balaban J connectivity index is 1.57. The van der Waals surface area contributed by atoms with Crippen LogP contribution in [0.4, 0.5) is 0 Å². The summed E-state index contributed by atoms with van der Waals surface area (Å²) in [6.45, 7) is 5.17. The summed E-state index contributed by atoms with van der Waals surface area (Å²) < 4.78 is 2.24. The highest BCUT2D eigenvalue weighted by atomic mass is 35.5. The summed E-state index contributed by atoms with van der Waals surface area (Å²) in [6, 6.07) is 3.81. The monoisotopic (exact) mass is 375 g/mol. The number of hydrogen-bond acceptors (Lipinski definition) is 4. The van der Waals surface area contributed by atoms with Crippen LogP contribution in [0.15, 0.2) is 23.3 Å². The summed E-state index contributed by atoms with van der Waals surface area (Å²) in [5.41, 5.74) is 1.14. The van der Waals surface area contributed by atoms with E-state index in [2.05, 4.69) is 42.3 Å². The number of rotatable bonds is 6. The highest BCUT2D eigenvalue weighted by molar-refractivity contribution is 6.29. The van der Waals surface area contributed by atoms with Crippen LogP contribution in [0, 0.1) is 0 Å². The van der Waals surface area contributed by atoms with Crippen molar-refractivity contribution in [2.24, 2.45) is 4.99 Å². The highest BCUT2D eigenvalue weighted by Crippen LogP contribution is 2.14. The van der Waals surface area contributed by atoms with Crippen molar-refractivity contribution < 1.29 is 0 Å². The first kappa shape index (κ1) is 18.6. The van der Waals surface area contributed by atoms with Crippen LogP contribution < -0.4 is 10.6 Å². The van der Waals surface area contributed by atoms with E-state index in [0.29, 0.717) is 11.7 Å². The standard InChI is InChI=1S/C18H26ClN7/c1-2-20-18(21-10-9-14-7-8-15(19)22-12-14)23-13-17-25-24-16-6-4-3-5-11-26(16)17/h7-8,12H,2-6,9-11,13H2,1H3,(H2,20,21,23). The fraction of sp³-hybridized carbons (Fsp3) is 0.556. The van der Waals surface area contributed by atoms with Crippen molar-refractivity contribution in [2.45, 2.75) is 52.1 Å². The number of aromatic nitrogens is 4. The van der Waals surface area contributed by atoms with Gasteiger partial charge in [0.05, 0.1) is 0 Å². The molecule has 0 bridgehead atoms. The van der Waals surface area contributed by atoms with Crippen LogP contribution in [0.1, 0.15) is 43.4 Å². The summed E-state index contributed by atoms with van der Waals surface area (Å²) in [5.74, 6) is 2.84. The van der Waals surface area contributed by atoms with Gasteiger partial charge in [-0.25, -0.2) is 9.98 Å². The van der Waals surface area contributed by atoms with Crippen LogP contribution in [0.2, 0.25) is 5.15 Å². The zero-order valence-corrected chi connectivity index (χ0v) is 16.0. The van der Waals surface area contributed by atoms with Crippen molar-refractivity contribution in [1.82, 2.24) is 30.4 Å². The smallest absolute Gasteiger partial charge is 0.191 e. The first-order chi connectivity index (χ1) is 12.8. The lowest BCUT2D eigenvalue weighted by molar-refractivity contribution is 0.605. The molecule has 26 heavy (non-hydrogen) atoms. The Morgan fingerprint density at radius 2 is 2.15 bits per heavy atom. The average Bonchev–Trinajstić information content (AvgIpc) is 2.87. The number of halogens is 1. The molecule has 0 amide bonds. The van der Waals surface area contributed by atoms with Gasteiger partial charge >= 0.3 is 0 Å². The maximum atomic E-state index is 5.82. The van der Waals surface area contributed by atoms with Gasteiger partial charge in [-0.3, -0.25) is 0 Å². The Bertz CT molecular complexity index is 724. The minimum atomic E-state index is 0.518. The molecule has 0 unspecified atom stereocenters. The Hall–Kier alpha value is -2.15. The number of aryl methyl sites for hydroxylation is 1. The van der Waals surface area contributed by atoms with Crippen LogP contribution >= 0.6 is 11.6 Å². The van der Waals surface area contributed by atoms with Crippen molar-refractivity contribution in [2.75, 3.05) is 13.1 Å². The van der Waals surface area contributed by atoms with Gasteiger partial charge in [-0.2, -0.15) is 0 Å². The maximum Gasteiger partial charge on any atom is 0.191 e. The number of hydrogen-bond donors (Lipinski definition) is 2. The molecule has 0 spiro atoms. The van der Waals surface area contributed by atoms with E-state index < -0.39 is 0 Å². The van der Waals surface area contributed by atoms with E-state index in [1.54, 1.807) is 6.20 Å². The summed E-state index contributed by atoms with van der Waals surface area (Å²) in [5, 5.41) is 15.8. The first-order valence-electron chi connectivity index (χ1n) is 9.30. The highest BCUT2D eigenvalue weighted by Gasteiger charge is 2.14. The number of guanidine groups is 1. The van der Waals surface area contributed by atoms with E-state index >= 15 is 0 Å². The van der Waals surface area contributed by atoms with Gasteiger partial charge in [0, 0.05) is 32.3 Å². The van der Waals surface area contributed by atoms with Gasteiger partial charge in [-0.15, -0.1) is 10.2 Å². The largest absolute Gasteiger partial charge is 0.357 e. The summed E-state index contributed by atoms with van der Waals surface area (Å²) >= 11 is 5.82. The zero-order chi connectivity index (χ0) is 18.2. The van der Waals surface area contributed by atoms with Gasteiger partial charge in [0.2, 0.25) is 0 Å². The van der Waals surface area contributed by atoms with Crippen LogP contribution in [-0.4, -0.2) is 38.8 Å². The molecule has 140 valence electrons. The summed E-state index contributed by atoms with van der Waals surface area (Å²) in [4.78, 5) is 8.78. The Labute approximate surface area is 159 Å². The molecule has 2 aromatic rings. The van der Waals surface area contributed by atoms with Crippen LogP contribution in [0.3, 0.4) is 0 Å². The topological polar surface area (TPSA) is 80.0 Å². The Morgan fingerprint density at radius 3 is 2.96 bits per heavy atom. The minimum absolute atomic E-state index is 0.518. The summed E-state index contributed by atoms with van der Waals surface area (Å²) in [7, 11) is 0. The van der Waals surface area contributed by atoms with Crippen LogP contribution in [0.5, 0.6) is 0 Å². The van der Waals surface area contributed by atoms with Crippen molar-refractivity contribution in [3.05, 3.63) is 40.7 Å². The molecule has 3 heterocycles. The number of pyridine rings is 1. The Kier molecular flexibility index (Phi) is 6.82. The van der Waals surface area contributed by atoms with Crippen molar-refractivity contribution in [3.8, 4) is 0 Å². The normalized spacial score (nSPS) is 14.6. The fourth-order valence-corrected chi connectivity index (χ4v) is 3.15. The van der Waals surface area contributed by atoms with E-state index in [1.807, 2.05) is 12.1 Å². The van der Waals surface area contributed by atoms with Crippen molar-refractivity contribution in [1.29, 1.82) is 0 Å². The Morgan fingerprint density at radius 1 is 1.23 bits per heavy atom. The molecule has 0 radical (unpaired) electrons. The second-order valence-corrected chi connectivity index (χ2v) is 6.74. The maximum absolute atomic E-state index is 5.82. The predicted octanol–water partition coefficient (Wildman–Crippen LogP) is 2.35. The molecule has 0 fully saturated rings. The molecule has 0 aliphatic carbocycles. The zero-order valence-electron chi connectivity index (χ0n) is 15.2. The lowest BCUT2D eigenvalue weighted by Gasteiger charge is -2.11. The second-order valence-electron chi connectivity index (χ2n) is 6.36. The number of nitrogens with one attached hydrogen (secondary N) is 2. The van der Waals surface area contributed by atoms with Gasteiger partial charge in [0.15, 0.2) is 11.8 Å². The third-order valence-electron chi connectivity index (χ3n) is 4.40. The number of fused-ring (bicyclic) bond motifs is 1.